The number of rotatable bonds is 5. The molecule has 6 aromatic rings. The first-order valence-corrected chi connectivity index (χ1v) is 14.8. The molecule has 1 aliphatic rings. The number of aromatic nitrogens is 2. The molecular formula is C38H33BN2O2. The van der Waals surface area contributed by atoms with Crippen LogP contribution in [0.3, 0.4) is 0 Å². The van der Waals surface area contributed by atoms with E-state index in [2.05, 4.69) is 131 Å². The normalized spacial score (nSPS) is 15.6. The van der Waals surface area contributed by atoms with E-state index in [1.165, 1.54) is 0 Å². The van der Waals surface area contributed by atoms with Crippen molar-refractivity contribution in [2.75, 3.05) is 0 Å². The van der Waals surface area contributed by atoms with Crippen LogP contribution >= 0.6 is 0 Å². The van der Waals surface area contributed by atoms with Crippen molar-refractivity contribution in [3.05, 3.63) is 127 Å². The zero-order chi connectivity index (χ0) is 29.6. The summed E-state index contributed by atoms with van der Waals surface area (Å²) in [6.45, 7) is 8.35. The molecule has 0 radical (unpaired) electrons. The Labute approximate surface area is 253 Å². The summed E-state index contributed by atoms with van der Waals surface area (Å²) >= 11 is 0. The molecule has 43 heavy (non-hydrogen) atoms. The molecule has 5 heteroatoms. The van der Waals surface area contributed by atoms with Crippen molar-refractivity contribution in [2.45, 2.75) is 38.9 Å². The van der Waals surface area contributed by atoms with Gasteiger partial charge in [-0.15, -0.1) is 0 Å². The molecule has 0 amide bonds. The highest BCUT2D eigenvalue weighted by molar-refractivity contribution is 6.65. The van der Waals surface area contributed by atoms with Crippen molar-refractivity contribution < 1.29 is 9.31 Å². The summed E-state index contributed by atoms with van der Waals surface area (Å²) in [5.74, 6) is 0.690. The molecule has 7 rings (SSSR count). The first kappa shape index (κ1) is 27.3. The number of fused-ring (bicyclic) bond motifs is 1. The topological polar surface area (TPSA) is 44.2 Å². The van der Waals surface area contributed by atoms with Crippen molar-refractivity contribution in [3.63, 3.8) is 0 Å². The van der Waals surface area contributed by atoms with E-state index in [1.807, 2.05) is 24.3 Å². The second kappa shape index (κ2) is 10.6. The van der Waals surface area contributed by atoms with Gasteiger partial charge in [-0.2, -0.15) is 0 Å². The third kappa shape index (κ3) is 4.95. The zero-order valence-corrected chi connectivity index (χ0v) is 24.9. The van der Waals surface area contributed by atoms with E-state index in [4.69, 9.17) is 19.3 Å². The van der Waals surface area contributed by atoms with Gasteiger partial charge in [-0.3, -0.25) is 0 Å². The van der Waals surface area contributed by atoms with Crippen molar-refractivity contribution in [2.24, 2.45) is 0 Å². The SMILES string of the molecule is CC1(C)OB(c2ccc(-c3cc(-c4ccccc4-c4ccccc4)nc(-c4ccccc4)n3)c3ccccc23)OC1(C)C. The van der Waals surface area contributed by atoms with Crippen LogP contribution in [0.2, 0.25) is 0 Å². The molecule has 0 N–H and O–H groups in total. The number of nitrogens with zero attached hydrogens (tertiary/aromatic N) is 2. The second-order valence-corrected chi connectivity index (χ2v) is 12.1. The van der Waals surface area contributed by atoms with Gasteiger partial charge in [0.25, 0.3) is 0 Å². The lowest BCUT2D eigenvalue weighted by Gasteiger charge is -2.32. The Bertz CT molecular complexity index is 1920. The summed E-state index contributed by atoms with van der Waals surface area (Å²) < 4.78 is 12.9. The minimum atomic E-state index is -0.456. The molecule has 210 valence electrons. The van der Waals surface area contributed by atoms with Gasteiger partial charge in [0.05, 0.1) is 22.6 Å². The van der Waals surface area contributed by atoms with Gasteiger partial charge in [-0.05, 0) is 61.1 Å². The van der Waals surface area contributed by atoms with E-state index in [9.17, 15) is 0 Å². The largest absolute Gasteiger partial charge is 0.495 e. The van der Waals surface area contributed by atoms with E-state index in [-0.39, 0.29) is 0 Å². The maximum absolute atomic E-state index is 6.47. The first-order valence-electron chi connectivity index (χ1n) is 14.8. The van der Waals surface area contributed by atoms with Gasteiger partial charge in [0, 0.05) is 16.7 Å². The van der Waals surface area contributed by atoms with Crippen molar-refractivity contribution in [1.82, 2.24) is 9.97 Å². The predicted molar refractivity (Wildman–Crippen MR) is 177 cm³/mol. The molecule has 1 aliphatic heterocycles. The summed E-state index contributed by atoms with van der Waals surface area (Å²) in [6, 6.07) is 43.9. The monoisotopic (exact) mass is 560 g/mol. The van der Waals surface area contributed by atoms with Gasteiger partial charge in [-0.25, -0.2) is 9.97 Å². The molecule has 1 saturated heterocycles. The van der Waals surface area contributed by atoms with Gasteiger partial charge in [0.2, 0.25) is 0 Å². The quantitative estimate of drug-likeness (QED) is 0.198. The molecule has 4 nitrogen and oxygen atoms in total. The Morgan fingerprint density at radius 1 is 0.488 bits per heavy atom. The molecule has 0 aliphatic carbocycles. The summed E-state index contributed by atoms with van der Waals surface area (Å²) in [5, 5.41) is 2.18. The summed E-state index contributed by atoms with van der Waals surface area (Å²) in [6.07, 6.45) is 0. The van der Waals surface area contributed by atoms with Gasteiger partial charge in [0.15, 0.2) is 5.82 Å². The minimum absolute atomic E-state index is 0.421. The van der Waals surface area contributed by atoms with Gasteiger partial charge >= 0.3 is 7.12 Å². The molecule has 0 atom stereocenters. The molecule has 0 unspecified atom stereocenters. The fourth-order valence-corrected chi connectivity index (χ4v) is 5.74. The Balaban J connectivity index is 1.42. The molecule has 5 aromatic carbocycles. The average Bonchev–Trinajstić information content (AvgIpc) is 3.27. The van der Waals surface area contributed by atoms with E-state index in [0.717, 1.165) is 55.4 Å². The third-order valence-corrected chi connectivity index (χ3v) is 8.79. The van der Waals surface area contributed by atoms with Gasteiger partial charge in [-0.1, -0.05) is 121 Å². The van der Waals surface area contributed by atoms with Gasteiger partial charge in [0.1, 0.15) is 0 Å². The summed E-state index contributed by atoms with van der Waals surface area (Å²) in [7, 11) is -0.456. The van der Waals surface area contributed by atoms with Crippen LogP contribution in [0.4, 0.5) is 0 Å². The number of hydrogen-bond acceptors (Lipinski definition) is 4. The molecule has 1 aromatic heterocycles. The van der Waals surface area contributed by atoms with Crippen LogP contribution in [0.15, 0.2) is 127 Å². The fraction of sp³-hybridized carbons (Fsp3) is 0.158. The Kier molecular flexibility index (Phi) is 6.73. The molecule has 0 spiro atoms. The predicted octanol–water partition coefficient (Wildman–Crippen LogP) is 8.60. The lowest BCUT2D eigenvalue weighted by atomic mass is 9.75. The van der Waals surface area contributed by atoms with Crippen LogP contribution in [-0.4, -0.2) is 28.3 Å². The molecule has 0 saturated carbocycles. The van der Waals surface area contributed by atoms with Gasteiger partial charge < -0.3 is 9.31 Å². The average molecular weight is 561 g/mol. The highest BCUT2D eigenvalue weighted by Gasteiger charge is 2.52. The minimum Gasteiger partial charge on any atom is -0.399 e. The molecular weight excluding hydrogens is 527 g/mol. The van der Waals surface area contributed by atoms with E-state index >= 15 is 0 Å². The van der Waals surface area contributed by atoms with E-state index in [0.29, 0.717) is 5.82 Å². The van der Waals surface area contributed by atoms with Crippen LogP contribution in [0.1, 0.15) is 27.7 Å². The third-order valence-electron chi connectivity index (χ3n) is 8.79. The number of benzene rings is 5. The maximum Gasteiger partial charge on any atom is 0.495 e. The summed E-state index contributed by atoms with van der Waals surface area (Å²) in [4.78, 5) is 10.3. The Morgan fingerprint density at radius 3 is 1.65 bits per heavy atom. The lowest BCUT2D eigenvalue weighted by molar-refractivity contribution is 0.00578. The smallest absolute Gasteiger partial charge is 0.399 e. The lowest BCUT2D eigenvalue weighted by Crippen LogP contribution is -2.41. The van der Waals surface area contributed by atoms with Crippen LogP contribution in [0, 0.1) is 0 Å². The standard InChI is InChI=1S/C38H33BN2O2/c1-37(2)38(3,4)43-39(42-37)33-24-23-32(29-20-12-13-21-30(29)33)35-25-34(40-36(41-35)27-17-9-6-10-18-27)31-22-14-11-19-28(31)26-15-7-5-8-16-26/h5-25H,1-4H3. The fourth-order valence-electron chi connectivity index (χ4n) is 5.74. The van der Waals surface area contributed by atoms with E-state index < -0.39 is 18.3 Å². The van der Waals surface area contributed by atoms with Crippen LogP contribution < -0.4 is 5.46 Å². The highest BCUT2D eigenvalue weighted by Crippen LogP contribution is 2.39. The molecule has 2 heterocycles. The zero-order valence-electron chi connectivity index (χ0n) is 24.9. The second-order valence-electron chi connectivity index (χ2n) is 12.1. The Morgan fingerprint density at radius 2 is 1.00 bits per heavy atom. The van der Waals surface area contributed by atoms with Crippen molar-refractivity contribution in [3.8, 4) is 45.0 Å². The first-order chi connectivity index (χ1) is 20.8. The van der Waals surface area contributed by atoms with Crippen LogP contribution in [0.25, 0.3) is 55.8 Å². The maximum atomic E-state index is 6.47. The number of hydrogen-bond donors (Lipinski definition) is 0. The van der Waals surface area contributed by atoms with Crippen molar-refractivity contribution >= 4 is 23.4 Å². The summed E-state index contributed by atoms with van der Waals surface area (Å²) in [5.41, 5.74) is 7.27. The van der Waals surface area contributed by atoms with Crippen LogP contribution in [0.5, 0.6) is 0 Å². The Hall–Kier alpha value is -4.58. The van der Waals surface area contributed by atoms with Crippen molar-refractivity contribution in [1.29, 1.82) is 0 Å². The van der Waals surface area contributed by atoms with Crippen LogP contribution in [-0.2, 0) is 9.31 Å². The molecule has 0 bridgehead atoms. The van der Waals surface area contributed by atoms with E-state index in [1.54, 1.807) is 0 Å². The highest BCUT2D eigenvalue weighted by atomic mass is 16.7. The molecule has 1 fully saturated rings.